The summed E-state index contributed by atoms with van der Waals surface area (Å²) in [5.74, 6) is 8.66. The molecule has 2 heterocycles. The molecule has 0 radical (unpaired) electrons. The Morgan fingerprint density at radius 1 is 1.20 bits per heavy atom. The van der Waals surface area contributed by atoms with Gasteiger partial charge in [-0.15, -0.1) is 0 Å². The highest BCUT2D eigenvalue weighted by atomic mass is 16.5. The minimum absolute atomic E-state index is 0.0944. The van der Waals surface area contributed by atoms with Gasteiger partial charge in [0, 0.05) is 7.05 Å². The van der Waals surface area contributed by atoms with Crippen LogP contribution in [0.25, 0.3) is 0 Å². The lowest BCUT2D eigenvalue weighted by molar-refractivity contribution is 0.255. The fourth-order valence-electron chi connectivity index (χ4n) is 4.36. The molecule has 1 N–H and O–H groups in total. The Morgan fingerprint density at radius 3 is 2.64 bits per heavy atom. The predicted molar refractivity (Wildman–Crippen MR) is 102 cm³/mol. The number of benzene rings is 1. The van der Waals surface area contributed by atoms with Crippen molar-refractivity contribution in [3.05, 3.63) is 23.3 Å². The van der Waals surface area contributed by atoms with E-state index in [4.69, 9.17) is 9.73 Å². The van der Waals surface area contributed by atoms with E-state index in [9.17, 15) is 0 Å². The number of aliphatic imine (C=N–C) groups is 1. The van der Waals surface area contributed by atoms with E-state index in [1.807, 2.05) is 7.05 Å². The predicted octanol–water partition coefficient (Wildman–Crippen LogP) is 3.22. The van der Waals surface area contributed by atoms with Crippen LogP contribution in [0.5, 0.6) is 5.75 Å². The van der Waals surface area contributed by atoms with Gasteiger partial charge in [-0.2, -0.15) is 0 Å². The maximum absolute atomic E-state index is 5.66. The molecule has 0 amide bonds. The second kappa shape index (κ2) is 6.72. The monoisotopic (exact) mass is 337 g/mol. The molecule has 1 aromatic rings. The van der Waals surface area contributed by atoms with E-state index in [2.05, 4.69) is 34.2 Å². The fraction of sp³-hybridized carbons (Fsp3) is 0.571. The summed E-state index contributed by atoms with van der Waals surface area (Å²) in [6.45, 7) is 3.19. The summed E-state index contributed by atoms with van der Waals surface area (Å²) in [5, 5.41) is 3.31. The molecule has 1 saturated carbocycles. The first-order valence-corrected chi connectivity index (χ1v) is 9.47. The molecular formula is C21H27N3O. The Hall–Kier alpha value is -1.99. The van der Waals surface area contributed by atoms with Crippen LogP contribution in [-0.2, 0) is 5.41 Å². The molecule has 4 rings (SSSR count). The largest absolute Gasteiger partial charge is 0.495 e. The van der Waals surface area contributed by atoms with Gasteiger partial charge in [-0.3, -0.25) is 4.90 Å². The van der Waals surface area contributed by atoms with E-state index in [0.29, 0.717) is 0 Å². The molecule has 0 atom stereocenters. The van der Waals surface area contributed by atoms with Gasteiger partial charge in [-0.1, -0.05) is 24.7 Å². The number of amidine groups is 1. The molecule has 0 aromatic heterocycles. The van der Waals surface area contributed by atoms with Gasteiger partial charge >= 0.3 is 0 Å². The molecule has 25 heavy (non-hydrogen) atoms. The summed E-state index contributed by atoms with van der Waals surface area (Å²) in [6.07, 6.45) is 7.56. The van der Waals surface area contributed by atoms with Crippen molar-refractivity contribution in [1.82, 2.24) is 10.2 Å². The average molecular weight is 337 g/mol. The smallest absolute Gasteiger partial charge is 0.134 e. The van der Waals surface area contributed by atoms with Crippen LogP contribution in [0, 0.1) is 11.8 Å². The van der Waals surface area contributed by atoms with E-state index in [1.165, 1.54) is 57.2 Å². The Balaban J connectivity index is 1.61. The van der Waals surface area contributed by atoms with Gasteiger partial charge in [-0.25, -0.2) is 4.99 Å². The third-order valence-electron chi connectivity index (χ3n) is 5.94. The van der Waals surface area contributed by atoms with Gasteiger partial charge in [-0.05, 0) is 56.5 Å². The minimum atomic E-state index is 0.0944. The van der Waals surface area contributed by atoms with E-state index in [-0.39, 0.29) is 5.41 Å². The molecule has 0 unspecified atom stereocenters. The summed E-state index contributed by atoms with van der Waals surface area (Å²) in [4.78, 5) is 7.29. The third kappa shape index (κ3) is 2.81. The molecule has 3 aliphatic rings. The van der Waals surface area contributed by atoms with Gasteiger partial charge in [0.2, 0.25) is 0 Å². The molecule has 1 saturated heterocycles. The van der Waals surface area contributed by atoms with Crippen molar-refractivity contribution in [3.8, 4) is 17.6 Å². The fourth-order valence-corrected chi connectivity index (χ4v) is 4.36. The Bertz CT molecular complexity index is 746. The van der Waals surface area contributed by atoms with E-state index in [1.54, 1.807) is 7.11 Å². The topological polar surface area (TPSA) is 36.9 Å². The van der Waals surface area contributed by atoms with Gasteiger partial charge < -0.3 is 10.1 Å². The van der Waals surface area contributed by atoms with Crippen LogP contribution < -0.4 is 10.1 Å². The summed E-state index contributed by atoms with van der Waals surface area (Å²) in [6, 6.07) is 4.29. The van der Waals surface area contributed by atoms with E-state index < -0.39 is 0 Å². The normalized spacial score (nSPS) is 21.0. The average Bonchev–Trinajstić information content (AvgIpc) is 2.95. The van der Waals surface area contributed by atoms with Gasteiger partial charge in [0.15, 0.2) is 0 Å². The number of fused-ring (bicyclic) bond motifs is 2. The van der Waals surface area contributed by atoms with Crippen molar-refractivity contribution in [2.75, 3.05) is 33.8 Å². The number of piperidine rings is 1. The molecule has 1 spiro atoms. The zero-order valence-corrected chi connectivity index (χ0v) is 15.3. The maximum Gasteiger partial charge on any atom is 0.134 e. The van der Waals surface area contributed by atoms with Gasteiger partial charge in [0.05, 0.1) is 30.3 Å². The molecular weight excluding hydrogens is 310 g/mol. The molecule has 1 aliphatic carbocycles. The standard InChI is InChI=1S/C21H27N3O/c1-22-20-21(9-7-10-21)17-15-19(25-2)16(14-18(17)23-20)8-6-13-24-11-4-3-5-12-24/h14-15H,3-5,7,9-13H2,1-2H3,(H,22,23). The molecule has 2 aliphatic heterocycles. The highest BCUT2D eigenvalue weighted by Gasteiger charge is 2.48. The number of rotatable bonds is 2. The quantitative estimate of drug-likeness (QED) is 0.842. The first-order chi connectivity index (χ1) is 12.3. The van der Waals surface area contributed by atoms with Crippen LogP contribution in [0.2, 0.25) is 0 Å². The SMILES string of the molecule is CNC1=Nc2cc(C#CCN3CCCCC3)c(OC)cc2C12CCC2. The van der Waals surface area contributed by atoms with Crippen molar-refractivity contribution < 1.29 is 4.74 Å². The van der Waals surface area contributed by atoms with Gasteiger partial charge in [0.1, 0.15) is 11.6 Å². The number of nitrogens with one attached hydrogen (secondary N) is 1. The molecule has 4 nitrogen and oxygen atoms in total. The summed E-state index contributed by atoms with van der Waals surface area (Å²) < 4.78 is 5.66. The second-order valence-corrected chi connectivity index (χ2v) is 7.35. The van der Waals surface area contributed by atoms with E-state index >= 15 is 0 Å². The lowest BCUT2D eigenvalue weighted by Gasteiger charge is -2.40. The molecule has 1 aromatic carbocycles. The highest BCUT2D eigenvalue weighted by molar-refractivity contribution is 6.01. The number of likely N-dealkylation sites (tertiary alicyclic amines) is 1. The number of hydrogen-bond acceptors (Lipinski definition) is 4. The lowest BCUT2D eigenvalue weighted by atomic mass is 9.64. The van der Waals surface area contributed by atoms with Crippen molar-refractivity contribution in [3.63, 3.8) is 0 Å². The summed E-state index contributed by atoms with van der Waals surface area (Å²) in [7, 11) is 3.71. The molecule has 2 fully saturated rings. The van der Waals surface area contributed by atoms with E-state index in [0.717, 1.165) is 29.4 Å². The number of hydrogen-bond donors (Lipinski definition) is 1. The number of nitrogens with zero attached hydrogens (tertiary/aromatic N) is 2. The van der Waals surface area contributed by atoms with Crippen LogP contribution in [0.4, 0.5) is 5.69 Å². The molecule has 4 heteroatoms. The van der Waals surface area contributed by atoms with Crippen molar-refractivity contribution in [2.24, 2.45) is 4.99 Å². The van der Waals surface area contributed by atoms with Crippen LogP contribution in [0.3, 0.4) is 0 Å². The van der Waals surface area contributed by atoms with Gasteiger partial charge in [0.25, 0.3) is 0 Å². The maximum atomic E-state index is 5.66. The van der Waals surface area contributed by atoms with Crippen molar-refractivity contribution >= 4 is 11.5 Å². The molecule has 132 valence electrons. The van der Waals surface area contributed by atoms with Crippen molar-refractivity contribution in [2.45, 2.75) is 43.9 Å². The summed E-state index contributed by atoms with van der Waals surface area (Å²) >= 11 is 0. The van der Waals surface area contributed by atoms with Crippen LogP contribution in [0.15, 0.2) is 17.1 Å². The Kier molecular flexibility index (Phi) is 4.43. The summed E-state index contributed by atoms with van der Waals surface area (Å²) in [5.41, 5.74) is 3.42. The Morgan fingerprint density at radius 2 is 2.00 bits per heavy atom. The first-order valence-electron chi connectivity index (χ1n) is 9.47. The Labute approximate surface area is 150 Å². The van der Waals surface area contributed by atoms with Crippen LogP contribution in [0.1, 0.15) is 49.7 Å². The molecule has 0 bridgehead atoms. The minimum Gasteiger partial charge on any atom is -0.495 e. The number of ether oxygens (including phenoxy) is 1. The van der Waals surface area contributed by atoms with Crippen molar-refractivity contribution in [1.29, 1.82) is 0 Å². The van der Waals surface area contributed by atoms with Crippen LogP contribution >= 0.6 is 0 Å². The zero-order chi connectivity index (χ0) is 17.3. The highest BCUT2D eigenvalue weighted by Crippen LogP contribution is 2.53. The first kappa shape index (κ1) is 16.5. The zero-order valence-electron chi connectivity index (χ0n) is 15.3. The third-order valence-corrected chi connectivity index (χ3v) is 5.94. The second-order valence-electron chi connectivity index (χ2n) is 7.35. The number of methoxy groups -OCH3 is 1. The number of likely N-dealkylation sites (N-methyl/N-ethyl adjacent to an activating group) is 1. The van der Waals surface area contributed by atoms with Crippen LogP contribution in [-0.4, -0.2) is 44.5 Å². The lowest BCUT2D eigenvalue weighted by Crippen LogP contribution is -2.45.